The van der Waals surface area contributed by atoms with Crippen LogP contribution in [0.2, 0.25) is 0 Å². The van der Waals surface area contributed by atoms with E-state index in [9.17, 15) is 9.59 Å². The molecule has 0 bridgehead atoms. The molecule has 7 heteroatoms. The molecule has 2 N–H and O–H groups in total. The van der Waals surface area contributed by atoms with Gasteiger partial charge in [0.1, 0.15) is 0 Å². The van der Waals surface area contributed by atoms with Crippen LogP contribution < -0.4 is 10.6 Å². The van der Waals surface area contributed by atoms with E-state index >= 15 is 0 Å². The predicted molar refractivity (Wildman–Crippen MR) is 104 cm³/mol. The lowest BCUT2D eigenvalue weighted by atomic mass is 9.88. The van der Waals surface area contributed by atoms with E-state index < -0.39 is 0 Å². The SMILES string of the molecule is O=C(CNC(=O)c1ccnc(-n2cccn2)c1)NC1CCCc2ccccc21. The molecule has 28 heavy (non-hydrogen) atoms. The number of nitrogens with one attached hydrogen (secondary N) is 2. The molecule has 0 saturated heterocycles. The molecule has 0 aliphatic heterocycles. The summed E-state index contributed by atoms with van der Waals surface area (Å²) in [5, 5.41) is 9.81. The molecule has 0 saturated carbocycles. The van der Waals surface area contributed by atoms with Crippen LogP contribution in [0.3, 0.4) is 0 Å². The second kappa shape index (κ2) is 8.04. The zero-order valence-corrected chi connectivity index (χ0v) is 15.3. The normalized spacial score (nSPS) is 15.5. The van der Waals surface area contributed by atoms with Gasteiger partial charge in [0, 0.05) is 24.2 Å². The fraction of sp³-hybridized carbons (Fsp3) is 0.238. The predicted octanol–water partition coefficient (Wildman–Crippen LogP) is 2.19. The average Bonchev–Trinajstić information content (AvgIpc) is 3.27. The Labute approximate surface area is 162 Å². The van der Waals surface area contributed by atoms with Crippen LogP contribution in [0, 0.1) is 0 Å². The third kappa shape index (κ3) is 3.93. The molecule has 142 valence electrons. The number of fused-ring (bicyclic) bond motifs is 1. The highest BCUT2D eigenvalue weighted by molar-refractivity contribution is 5.96. The highest BCUT2D eigenvalue weighted by Gasteiger charge is 2.21. The van der Waals surface area contributed by atoms with Crippen molar-refractivity contribution in [1.82, 2.24) is 25.4 Å². The van der Waals surface area contributed by atoms with Gasteiger partial charge in [0.2, 0.25) is 5.91 Å². The number of amides is 2. The van der Waals surface area contributed by atoms with E-state index in [1.165, 1.54) is 11.1 Å². The number of hydrogen-bond donors (Lipinski definition) is 2. The lowest BCUT2D eigenvalue weighted by Crippen LogP contribution is -2.39. The van der Waals surface area contributed by atoms with Gasteiger partial charge >= 0.3 is 0 Å². The van der Waals surface area contributed by atoms with Gasteiger partial charge in [-0.05, 0) is 48.6 Å². The number of carbonyl (C=O) groups is 2. The standard InChI is InChI=1S/C21H21N5O2/c27-20(25-18-8-3-6-15-5-1-2-7-17(15)18)14-23-21(28)16-9-11-22-19(13-16)26-12-4-10-24-26/h1-2,4-5,7,9-13,18H,3,6,8,14H2,(H,23,28)(H,25,27). The molecule has 0 radical (unpaired) electrons. The number of hydrogen-bond acceptors (Lipinski definition) is 4. The van der Waals surface area contributed by atoms with Gasteiger partial charge < -0.3 is 10.6 Å². The summed E-state index contributed by atoms with van der Waals surface area (Å²) < 4.78 is 1.57. The molecule has 0 fully saturated rings. The van der Waals surface area contributed by atoms with Crippen molar-refractivity contribution >= 4 is 11.8 Å². The minimum Gasteiger partial charge on any atom is -0.348 e. The van der Waals surface area contributed by atoms with E-state index in [-0.39, 0.29) is 24.4 Å². The van der Waals surface area contributed by atoms with Crippen molar-refractivity contribution in [2.75, 3.05) is 6.54 Å². The van der Waals surface area contributed by atoms with Gasteiger partial charge in [-0.1, -0.05) is 24.3 Å². The van der Waals surface area contributed by atoms with Crippen molar-refractivity contribution in [2.45, 2.75) is 25.3 Å². The topological polar surface area (TPSA) is 88.9 Å². The van der Waals surface area contributed by atoms with Crippen molar-refractivity contribution in [1.29, 1.82) is 0 Å². The van der Waals surface area contributed by atoms with Crippen molar-refractivity contribution in [2.24, 2.45) is 0 Å². The number of benzene rings is 1. The summed E-state index contributed by atoms with van der Waals surface area (Å²) >= 11 is 0. The number of nitrogens with zero attached hydrogens (tertiary/aromatic N) is 3. The molecule has 1 atom stereocenters. The van der Waals surface area contributed by atoms with Crippen molar-refractivity contribution in [3.8, 4) is 5.82 Å². The molecule has 3 aromatic rings. The number of rotatable bonds is 5. The Morgan fingerprint density at radius 3 is 2.89 bits per heavy atom. The number of pyridine rings is 1. The minimum absolute atomic E-state index is 0.00157. The first kappa shape index (κ1) is 17.9. The monoisotopic (exact) mass is 375 g/mol. The number of aromatic nitrogens is 3. The molecule has 2 aromatic heterocycles. The van der Waals surface area contributed by atoms with Crippen molar-refractivity contribution < 1.29 is 9.59 Å². The van der Waals surface area contributed by atoms with Crippen LogP contribution in [0.5, 0.6) is 0 Å². The second-order valence-electron chi connectivity index (χ2n) is 6.75. The second-order valence-corrected chi connectivity index (χ2v) is 6.75. The summed E-state index contributed by atoms with van der Waals surface area (Å²) in [5.74, 6) is 0.0207. The van der Waals surface area contributed by atoms with Crippen molar-refractivity contribution in [3.63, 3.8) is 0 Å². The molecule has 1 aromatic carbocycles. The maximum Gasteiger partial charge on any atom is 0.251 e. The maximum atomic E-state index is 12.4. The van der Waals surface area contributed by atoms with E-state index in [1.54, 1.807) is 41.5 Å². The molecule has 2 amide bonds. The van der Waals surface area contributed by atoms with Gasteiger partial charge in [-0.15, -0.1) is 0 Å². The molecule has 1 aliphatic carbocycles. The smallest absolute Gasteiger partial charge is 0.251 e. The quantitative estimate of drug-likeness (QED) is 0.715. The maximum absolute atomic E-state index is 12.4. The summed E-state index contributed by atoms with van der Waals surface area (Å²) in [5.41, 5.74) is 2.88. The van der Waals surface area contributed by atoms with Crippen LogP contribution in [-0.2, 0) is 11.2 Å². The lowest BCUT2D eigenvalue weighted by Gasteiger charge is -2.26. The van der Waals surface area contributed by atoms with Crippen LogP contribution in [0.25, 0.3) is 5.82 Å². The van der Waals surface area contributed by atoms with Crippen LogP contribution in [-0.4, -0.2) is 33.1 Å². The molecular formula is C21H21N5O2. The molecule has 1 unspecified atom stereocenters. The van der Waals surface area contributed by atoms with Gasteiger partial charge in [-0.2, -0.15) is 5.10 Å². The molecule has 2 heterocycles. The van der Waals surface area contributed by atoms with E-state index in [0.29, 0.717) is 11.4 Å². The van der Waals surface area contributed by atoms with Crippen LogP contribution in [0.1, 0.15) is 40.4 Å². The van der Waals surface area contributed by atoms with E-state index in [4.69, 9.17) is 0 Å². The summed E-state index contributed by atoms with van der Waals surface area (Å²) in [6.07, 6.45) is 7.93. The molecular weight excluding hydrogens is 354 g/mol. The average molecular weight is 375 g/mol. The van der Waals surface area contributed by atoms with Gasteiger partial charge in [0.05, 0.1) is 12.6 Å². The number of carbonyl (C=O) groups excluding carboxylic acids is 2. The Morgan fingerprint density at radius 2 is 2.04 bits per heavy atom. The zero-order chi connectivity index (χ0) is 19.3. The largest absolute Gasteiger partial charge is 0.348 e. The lowest BCUT2D eigenvalue weighted by molar-refractivity contribution is -0.121. The Morgan fingerprint density at radius 1 is 1.14 bits per heavy atom. The third-order valence-electron chi connectivity index (χ3n) is 4.86. The van der Waals surface area contributed by atoms with E-state index in [1.807, 2.05) is 12.1 Å². The zero-order valence-electron chi connectivity index (χ0n) is 15.3. The van der Waals surface area contributed by atoms with Gasteiger partial charge in [0.25, 0.3) is 5.91 Å². The first-order chi connectivity index (χ1) is 13.7. The molecule has 1 aliphatic rings. The van der Waals surface area contributed by atoms with E-state index in [0.717, 1.165) is 19.3 Å². The number of aryl methyl sites for hydroxylation is 1. The van der Waals surface area contributed by atoms with E-state index in [2.05, 4.69) is 32.8 Å². The molecule has 4 rings (SSSR count). The summed E-state index contributed by atoms with van der Waals surface area (Å²) in [4.78, 5) is 29.0. The fourth-order valence-electron chi connectivity index (χ4n) is 3.50. The third-order valence-corrected chi connectivity index (χ3v) is 4.86. The van der Waals surface area contributed by atoms with Crippen LogP contribution in [0.4, 0.5) is 0 Å². The summed E-state index contributed by atoms with van der Waals surface area (Å²) in [7, 11) is 0. The summed E-state index contributed by atoms with van der Waals surface area (Å²) in [6.45, 7) is -0.0725. The van der Waals surface area contributed by atoms with Crippen molar-refractivity contribution in [3.05, 3.63) is 77.7 Å². The first-order valence-corrected chi connectivity index (χ1v) is 9.32. The Bertz CT molecular complexity index is 984. The van der Waals surface area contributed by atoms with Gasteiger partial charge in [0.15, 0.2) is 5.82 Å². The Hall–Kier alpha value is -3.48. The fourth-order valence-corrected chi connectivity index (χ4v) is 3.50. The Balaban J connectivity index is 1.35. The highest BCUT2D eigenvalue weighted by Crippen LogP contribution is 2.29. The first-order valence-electron chi connectivity index (χ1n) is 9.32. The Kier molecular flexibility index (Phi) is 5.14. The minimum atomic E-state index is -0.324. The molecule has 7 nitrogen and oxygen atoms in total. The highest BCUT2D eigenvalue weighted by atomic mass is 16.2. The van der Waals surface area contributed by atoms with Crippen LogP contribution >= 0.6 is 0 Å². The molecule has 0 spiro atoms. The van der Waals surface area contributed by atoms with Gasteiger partial charge in [-0.3, -0.25) is 9.59 Å². The van der Waals surface area contributed by atoms with Gasteiger partial charge in [-0.25, -0.2) is 9.67 Å². The van der Waals surface area contributed by atoms with Crippen LogP contribution in [0.15, 0.2) is 61.1 Å². The summed E-state index contributed by atoms with van der Waals surface area (Å²) in [6, 6.07) is 13.2.